The van der Waals surface area contributed by atoms with Gasteiger partial charge in [0, 0.05) is 38.7 Å². The lowest BCUT2D eigenvalue weighted by atomic mass is 10.4. The standard InChI is InChI=1S/C14H26N4OS/c1-15-10-13-12(11-19-3)16-14(20-13)17(2)8-9-18-6-4-5-7-18/h15H,4-11H2,1-3H3. The van der Waals surface area contributed by atoms with Crippen LogP contribution in [0.3, 0.4) is 0 Å². The van der Waals surface area contributed by atoms with Crippen LogP contribution in [0.15, 0.2) is 0 Å². The second-order valence-electron chi connectivity index (χ2n) is 5.30. The first-order valence-electron chi connectivity index (χ1n) is 7.30. The van der Waals surface area contributed by atoms with Crippen LogP contribution >= 0.6 is 11.3 Å². The van der Waals surface area contributed by atoms with Gasteiger partial charge >= 0.3 is 0 Å². The number of hydrogen-bond acceptors (Lipinski definition) is 6. The van der Waals surface area contributed by atoms with E-state index in [9.17, 15) is 0 Å². The van der Waals surface area contributed by atoms with Crippen LogP contribution in [-0.4, -0.2) is 57.3 Å². The van der Waals surface area contributed by atoms with E-state index in [1.807, 2.05) is 7.05 Å². The predicted octanol–water partition coefficient (Wildman–Crippen LogP) is 1.54. The van der Waals surface area contributed by atoms with Crippen LogP contribution in [0, 0.1) is 0 Å². The Morgan fingerprint density at radius 1 is 1.40 bits per heavy atom. The van der Waals surface area contributed by atoms with E-state index < -0.39 is 0 Å². The van der Waals surface area contributed by atoms with Crippen LogP contribution in [0.25, 0.3) is 0 Å². The molecule has 5 nitrogen and oxygen atoms in total. The number of hydrogen-bond donors (Lipinski definition) is 1. The minimum Gasteiger partial charge on any atom is -0.378 e. The quantitative estimate of drug-likeness (QED) is 0.788. The first-order chi connectivity index (χ1) is 9.74. The van der Waals surface area contributed by atoms with Gasteiger partial charge in [-0.15, -0.1) is 11.3 Å². The molecule has 0 spiro atoms. The van der Waals surface area contributed by atoms with Gasteiger partial charge in [-0.2, -0.15) is 0 Å². The summed E-state index contributed by atoms with van der Waals surface area (Å²) in [4.78, 5) is 10.8. The van der Waals surface area contributed by atoms with Crippen LogP contribution < -0.4 is 10.2 Å². The van der Waals surface area contributed by atoms with Crippen molar-refractivity contribution in [1.82, 2.24) is 15.2 Å². The van der Waals surface area contributed by atoms with Gasteiger partial charge in [0.15, 0.2) is 5.13 Å². The van der Waals surface area contributed by atoms with Gasteiger partial charge in [0.05, 0.1) is 12.3 Å². The Hall–Kier alpha value is -0.690. The Kier molecular flexibility index (Phi) is 6.22. The summed E-state index contributed by atoms with van der Waals surface area (Å²) in [6.07, 6.45) is 2.70. The highest BCUT2D eigenvalue weighted by atomic mass is 32.1. The summed E-state index contributed by atoms with van der Waals surface area (Å²) in [5, 5.41) is 4.30. The fourth-order valence-electron chi connectivity index (χ4n) is 2.47. The van der Waals surface area contributed by atoms with Crippen molar-refractivity contribution in [3.63, 3.8) is 0 Å². The molecule has 0 bridgehead atoms. The topological polar surface area (TPSA) is 40.6 Å². The first-order valence-corrected chi connectivity index (χ1v) is 8.12. The van der Waals surface area contributed by atoms with E-state index in [0.717, 1.165) is 30.5 Å². The van der Waals surface area contributed by atoms with Crippen molar-refractivity contribution in [3.05, 3.63) is 10.6 Å². The van der Waals surface area contributed by atoms with Crippen LogP contribution in [0.4, 0.5) is 5.13 Å². The lowest BCUT2D eigenvalue weighted by Crippen LogP contribution is -2.31. The third-order valence-electron chi connectivity index (χ3n) is 3.66. The molecule has 0 radical (unpaired) electrons. The average Bonchev–Trinajstić information content (AvgIpc) is 3.07. The highest BCUT2D eigenvalue weighted by molar-refractivity contribution is 7.15. The number of methoxy groups -OCH3 is 1. The van der Waals surface area contributed by atoms with E-state index in [-0.39, 0.29) is 0 Å². The highest BCUT2D eigenvalue weighted by Gasteiger charge is 2.16. The zero-order chi connectivity index (χ0) is 14.4. The molecule has 114 valence electrons. The van der Waals surface area contributed by atoms with Crippen LogP contribution in [-0.2, 0) is 17.9 Å². The molecule has 1 fully saturated rings. The zero-order valence-corrected chi connectivity index (χ0v) is 13.6. The van der Waals surface area contributed by atoms with Crippen molar-refractivity contribution in [2.24, 2.45) is 0 Å². The summed E-state index contributed by atoms with van der Waals surface area (Å²) in [5.74, 6) is 0. The lowest BCUT2D eigenvalue weighted by molar-refractivity contribution is 0.181. The van der Waals surface area contributed by atoms with Gasteiger partial charge in [-0.05, 0) is 33.0 Å². The van der Waals surface area contributed by atoms with Gasteiger partial charge in [-0.3, -0.25) is 0 Å². The van der Waals surface area contributed by atoms with E-state index >= 15 is 0 Å². The Balaban J connectivity index is 1.93. The van der Waals surface area contributed by atoms with Crippen LogP contribution in [0.2, 0.25) is 0 Å². The summed E-state index contributed by atoms with van der Waals surface area (Å²) in [6, 6.07) is 0. The lowest BCUT2D eigenvalue weighted by Gasteiger charge is -2.20. The summed E-state index contributed by atoms with van der Waals surface area (Å²) in [6.45, 7) is 6.14. The molecule has 2 rings (SSSR count). The van der Waals surface area contributed by atoms with Gasteiger partial charge in [0.25, 0.3) is 0 Å². The first kappa shape index (κ1) is 15.7. The van der Waals surface area contributed by atoms with E-state index in [4.69, 9.17) is 9.72 Å². The van der Waals surface area contributed by atoms with Gasteiger partial charge in [-0.25, -0.2) is 4.98 Å². The molecule has 0 amide bonds. The van der Waals surface area contributed by atoms with Crippen molar-refractivity contribution in [1.29, 1.82) is 0 Å². The summed E-state index contributed by atoms with van der Waals surface area (Å²) < 4.78 is 5.24. The summed E-state index contributed by atoms with van der Waals surface area (Å²) >= 11 is 1.77. The Bertz CT molecular complexity index is 380. The molecule has 0 unspecified atom stereocenters. The SMILES string of the molecule is CNCc1sc(N(C)CCN2CCCC2)nc1COC. The molecule has 0 saturated carbocycles. The molecule has 1 aromatic heterocycles. The molecule has 1 aliphatic rings. The number of anilines is 1. The Morgan fingerprint density at radius 2 is 2.15 bits per heavy atom. The van der Waals surface area contributed by atoms with Crippen molar-refractivity contribution in [3.8, 4) is 0 Å². The van der Waals surface area contributed by atoms with Crippen molar-refractivity contribution < 1.29 is 4.74 Å². The van der Waals surface area contributed by atoms with Crippen molar-refractivity contribution in [2.75, 3.05) is 52.3 Å². The minimum atomic E-state index is 0.591. The van der Waals surface area contributed by atoms with Crippen LogP contribution in [0.1, 0.15) is 23.4 Å². The van der Waals surface area contributed by atoms with E-state index in [1.165, 1.54) is 30.8 Å². The average molecular weight is 298 g/mol. The number of nitrogens with zero attached hydrogens (tertiary/aromatic N) is 3. The number of rotatable bonds is 8. The molecule has 6 heteroatoms. The minimum absolute atomic E-state index is 0.591. The third-order valence-corrected chi connectivity index (χ3v) is 4.87. The number of nitrogens with one attached hydrogen (secondary N) is 1. The van der Waals surface area contributed by atoms with Crippen molar-refractivity contribution >= 4 is 16.5 Å². The van der Waals surface area contributed by atoms with Crippen LogP contribution in [0.5, 0.6) is 0 Å². The predicted molar refractivity (Wildman–Crippen MR) is 84.5 cm³/mol. The Morgan fingerprint density at radius 3 is 2.80 bits per heavy atom. The molecule has 2 heterocycles. The maximum atomic E-state index is 5.24. The highest BCUT2D eigenvalue weighted by Crippen LogP contribution is 2.26. The summed E-state index contributed by atoms with van der Waals surface area (Å²) in [5.41, 5.74) is 1.06. The molecule has 1 aromatic rings. The molecule has 0 aliphatic carbocycles. The number of ether oxygens (including phenoxy) is 1. The van der Waals surface area contributed by atoms with E-state index in [2.05, 4.69) is 22.2 Å². The fraction of sp³-hybridized carbons (Fsp3) is 0.786. The molecule has 1 N–H and O–H groups in total. The number of aromatic nitrogens is 1. The third kappa shape index (κ3) is 4.15. The van der Waals surface area contributed by atoms with Gasteiger partial charge < -0.3 is 19.9 Å². The van der Waals surface area contributed by atoms with E-state index in [1.54, 1.807) is 18.4 Å². The van der Waals surface area contributed by atoms with Crippen molar-refractivity contribution in [2.45, 2.75) is 26.0 Å². The molecule has 1 aliphatic heterocycles. The Labute approximate surface area is 125 Å². The molecule has 0 atom stereocenters. The second-order valence-corrected chi connectivity index (χ2v) is 6.36. The fourth-order valence-corrected chi connectivity index (χ4v) is 3.54. The zero-order valence-electron chi connectivity index (χ0n) is 12.8. The smallest absolute Gasteiger partial charge is 0.185 e. The molecule has 0 aromatic carbocycles. The molecule has 1 saturated heterocycles. The normalized spacial score (nSPS) is 15.9. The van der Waals surface area contributed by atoms with Gasteiger partial charge in [0.2, 0.25) is 0 Å². The molecule has 20 heavy (non-hydrogen) atoms. The van der Waals surface area contributed by atoms with Gasteiger partial charge in [0.1, 0.15) is 0 Å². The second kappa shape index (κ2) is 7.93. The maximum absolute atomic E-state index is 5.24. The molecular weight excluding hydrogens is 272 g/mol. The maximum Gasteiger partial charge on any atom is 0.185 e. The summed E-state index contributed by atoms with van der Waals surface area (Å²) in [7, 11) is 5.82. The number of thiazole rings is 1. The van der Waals surface area contributed by atoms with Gasteiger partial charge in [-0.1, -0.05) is 0 Å². The largest absolute Gasteiger partial charge is 0.378 e. The number of likely N-dealkylation sites (tertiary alicyclic amines) is 1. The monoisotopic (exact) mass is 298 g/mol. The van der Waals surface area contributed by atoms with E-state index in [0.29, 0.717) is 6.61 Å². The number of likely N-dealkylation sites (N-methyl/N-ethyl adjacent to an activating group) is 1. The molecular formula is C14H26N4OS.